The van der Waals surface area contributed by atoms with E-state index in [2.05, 4.69) is 29.1 Å². The standard InChI is InChI=1S/C11H16ClN3O/c1-6(2)9-10(12)13-5-14-11(9)15-7-3-8(16)4-7/h5-8,16H,3-4H2,1-2H3,(H,13,14,15). The largest absolute Gasteiger partial charge is 0.393 e. The molecule has 88 valence electrons. The Morgan fingerprint density at radius 1 is 1.44 bits per heavy atom. The van der Waals surface area contributed by atoms with Gasteiger partial charge in [-0.1, -0.05) is 25.4 Å². The number of rotatable bonds is 3. The van der Waals surface area contributed by atoms with Crippen molar-refractivity contribution in [1.82, 2.24) is 9.97 Å². The van der Waals surface area contributed by atoms with Crippen molar-refractivity contribution in [2.24, 2.45) is 0 Å². The van der Waals surface area contributed by atoms with Gasteiger partial charge >= 0.3 is 0 Å². The van der Waals surface area contributed by atoms with Crippen molar-refractivity contribution in [1.29, 1.82) is 0 Å². The van der Waals surface area contributed by atoms with Crippen LogP contribution in [0.25, 0.3) is 0 Å². The van der Waals surface area contributed by atoms with E-state index in [1.165, 1.54) is 6.33 Å². The highest BCUT2D eigenvalue weighted by molar-refractivity contribution is 6.30. The van der Waals surface area contributed by atoms with Crippen molar-refractivity contribution in [3.63, 3.8) is 0 Å². The molecule has 4 nitrogen and oxygen atoms in total. The fourth-order valence-electron chi connectivity index (χ4n) is 1.90. The van der Waals surface area contributed by atoms with E-state index in [0.29, 0.717) is 11.2 Å². The second kappa shape index (κ2) is 4.55. The molecule has 0 saturated heterocycles. The van der Waals surface area contributed by atoms with E-state index >= 15 is 0 Å². The van der Waals surface area contributed by atoms with Crippen LogP contribution in [-0.2, 0) is 0 Å². The summed E-state index contributed by atoms with van der Waals surface area (Å²) in [4.78, 5) is 8.21. The molecule has 1 aliphatic carbocycles. The van der Waals surface area contributed by atoms with Crippen LogP contribution in [0.5, 0.6) is 0 Å². The lowest BCUT2D eigenvalue weighted by Gasteiger charge is -2.33. The van der Waals surface area contributed by atoms with Crippen molar-refractivity contribution in [3.8, 4) is 0 Å². The summed E-state index contributed by atoms with van der Waals surface area (Å²) in [5, 5.41) is 13.0. The van der Waals surface area contributed by atoms with Crippen LogP contribution in [-0.4, -0.2) is 27.2 Å². The van der Waals surface area contributed by atoms with E-state index in [1.807, 2.05) is 0 Å². The van der Waals surface area contributed by atoms with Gasteiger partial charge < -0.3 is 10.4 Å². The van der Waals surface area contributed by atoms with Gasteiger partial charge in [0.05, 0.1) is 6.10 Å². The number of aromatic nitrogens is 2. The molecule has 0 atom stereocenters. The zero-order chi connectivity index (χ0) is 11.7. The van der Waals surface area contributed by atoms with Crippen LogP contribution in [0.1, 0.15) is 38.2 Å². The number of hydrogen-bond donors (Lipinski definition) is 2. The van der Waals surface area contributed by atoms with E-state index in [9.17, 15) is 5.11 Å². The smallest absolute Gasteiger partial charge is 0.138 e. The summed E-state index contributed by atoms with van der Waals surface area (Å²) in [5.41, 5.74) is 0.950. The SMILES string of the molecule is CC(C)c1c(Cl)ncnc1NC1CC(O)C1. The maximum atomic E-state index is 9.23. The molecule has 2 N–H and O–H groups in total. The molecule has 1 aromatic heterocycles. The maximum absolute atomic E-state index is 9.23. The van der Waals surface area contributed by atoms with Gasteiger partial charge in [-0.25, -0.2) is 9.97 Å². The second-order valence-corrected chi connectivity index (χ2v) is 4.91. The van der Waals surface area contributed by atoms with Crippen molar-refractivity contribution in [2.45, 2.75) is 44.8 Å². The number of aliphatic hydroxyl groups excluding tert-OH is 1. The minimum atomic E-state index is -0.169. The zero-order valence-corrected chi connectivity index (χ0v) is 10.2. The van der Waals surface area contributed by atoms with Crippen LogP contribution in [0.3, 0.4) is 0 Å². The molecule has 0 unspecified atom stereocenters. The third kappa shape index (κ3) is 2.28. The molecule has 1 aliphatic rings. The Kier molecular flexibility index (Phi) is 3.30. The summed E-state index contributed by atoms with van der Waals surface area (Å²) in [6.07, 6.45) is 2.85. The minimum absolute atomic E-state index is 0.169. The first-order valence-corrected chi connectivity index (χ1v) is 5.90. The minimum Gasteiger partial charge on any atom is -0.393 e. The van der Waals surface area contributed by atoms with Gasteiger partial charge in [0.2, 0.25) is 0 Å². The molecule has 1 fully saturated rings. The first-order chi connectivity index (χ1) is 7.58. The number of aliphatic hydroxyl groups is 1. The van der Waals surface area contributed by atoms with Gasteiger partial charge in [-0.2, -0.15) is 0 Å². The highest BCUT2D eigenvalue weighted by atomic mass is 35.5. The van der Waals surface area contributed by atoms with E-state index < -0.39 is 0 Å². The van der Waals surface area contributed by atoms with Crippen LogP contribution in [0.15, 0.2) is 6.33 Å². The molecule has 16 heavy (non-hydrogen) atoms. The number of nitrogens with one attached hydrogen (secondary N) is 1. The molecule has 0 spiro atoms. The summed E-state index contributed by atoms with van der Waals surface area (Å²) < 4.78 is 0. The quantitative estimate of drug-likeness (QED) is 0.797. The Morgan fingerprint density at radius 3 is 2.69 bits per heavy atom. The predicted molar refractivity (Wildman–Crippen MR) is 63.8 cm³/mol. The Bertz CT molecular complexity index is 377. The van der Waals surface area contributed by atoms with Crippen LogP contribution >= 0.6 is 11.6 Å². The average molecular weight is 242 g/mol. The van der Waals surface area contributed by atoms with Gasteiger partial charge in [0.1, 0.15) is 17.3 Å². The Morgan fingerprint density at radius 2 is 2.12 bits per heavy atom. The Labute approximate surface area is 100 Å². The van der Waals surface area contributed by atoms with E-state index in [1.54, 1.807) is 0 Å². The summed E-state index contributed by atoms with van der Waals surface area (Å²) >= 11 is 6.06. The molecule has 5 heteroatoms. The van der Waals surface area contributed by atoms with Gasteiger partial charge in [-0.3, -0.25) is 0 Å². The molecule has 1 aromatic rings. The molecule has 0 amide bonds. The molecular formula is C11H16ClN3O. The number of hydrogen-bond acceptors (Lipinski definition) is 4. The molecule has 0 aliphatic heterocycles. The molecule has 0 aromatic carbocycles. The summed E-state index contributed by atoms with van der Waals surface area (Å²) in [5.74, 6) is 1.08. The van der Waals surface area contributed by atoms with E-state index in [0.717, 1.165) is 24.2 Å². The van der Waals surface area contributed by atoms with Crippen molar-refractivity contribution >= 4 is 17.4 Å². The lowest BCUT2D eigenvalue weighted by Crippen LogP contribution is -2.39. The van der Waals surface area contributed by atoms with Crippen molar-refractivity contribution < 1.29 is 5.11 Å². The van der Waals surface area contributed by atoms with Crippen LogP contribution in [0.4, 0.5) is 5.82 Å². The van der Waals surface area contributed by atoms with Crippen molar-refractivity contribution in [2.75, 3.05) is 5.32 Å². The van der Waals surface area contributed by atoms with Crippen LogP contribution < -0.4 is 5.32 Å². The Hall–Kier alpha value is -0.870. The summed E-state index contributed by atoms with van der Waals surface area (Å²) in [6, 6.07) is 0.304. The fraction of sp³-hybridized carbons (Fsp3) is 0.636. The normalized spacial score (nSPS) is 24.3. The van der Waals surface area contributed by atoms with Crippen LogP contribution in [0.2, 0.25) is 5.15 Å². The van der Waals surface area contributed by atoms with Gasteiger partial charge in [-0.05, 0) is 18.8 Å². The summed E-state index contributed by atoms with van der Waals surface area (Å²) in [7, 11) is 0. The lowest BCUT2D eigenvalue weighted by molar-refractivity contribution is 0.0835. The number of nitrogens with zero attached hydrogens (tertiary/aromatic N) is 2. The monoisotopic (exact) mass is 241 g/mol. The van der Waals surface area contributed by atoms with E-state index in [4.69, 9.17) is 11.6 Å². The zero-order valence-electron chi connectivity index (χ0n) is 9.44. The van der Waals surface area contributed by atoms with Gasteiger partial charge in [0.15, 0.2) is 0 Å². The summed E-state index contributed by atoms with van der Waals surface area (Å²) in [6.45, 7) is 4.12. The highest BCUT2D eigenvalue weighted by Crippen LogP contribution is 2.31. The second-order valence-electron chi connectivity index (χ2n) is 4.55. The number of halogens is 1. The first kappa shape index (κ1) is 11.6. The van der Waals surface area contributed by atoms with Crippen molar-refractivity contribution in [3.05, 3.63) is 17.0 Å². The van der Waals surface area contributed by atoms with Gasteiger partial charge in [-0.15, -0.1) is 0 Å². The predicted octanol–water partition coefficient (Wildman–Crippen LogP) is 2.19. The molecule has 1 heterocycles. The first-order valence-electron chi connectivity index (χ1n) is 5.53. The number of anilines is 1. The lowest BCUT2D eigenvalue weighted by atomic mass is 9.89. The molecule has 2 rings (SSSR count). The maximum Gasteiger partial charge on any atom is 0.138 e. The third-order valence-corrected chi connectivity index (χ3v) is 3.17. The average Bonchev–Trinajstić information content (AvgIpc) is 2.14. The fourth-order valence-corrected chi connectivity index (χ4v) is 2.25. The van der Waals surface area contributed by atoms with Gasteiger partial charge in [0, 0.05) is 11.6 Å². The van der Waals surface area contributed by atoms with E-state index in [-0.39, 0.29) is 12.0 Å². The topological polar surface area (TPSA) is 58.0 Å². The molecular weight excluding hydrogens is 226 g/mol. The molecule has 0 bridgehead atoms. The molecule has 1 saturated carbocycles. The Balaban J connectivity index is 2.16. The molecule has 0 radical (unpaired) electrons. The highest BCUT2D eigenvalue weighted by Gasteiger charge is 2.28. The third-order valence-electron chi connectivity index (χ3n) is 2.87. The van der Waals surface area contributed by atoms with Gasteiger partial charge in [0.25, 0.3) is 0 Å². The van der Waals surface area contributed by atoms with Crippen LogP contribution in [0, 0.1) is 0 Å².